The minimum atomic E-state index is 0.135. The Bertz CT molecular complexity index is 389. The molecule has 0 aliphatic heterocycles. The van der Waals surface area contributed by atoms with Crippen molar-refractivity contribution in [3.8, 4) is 6.01 Å². The molecular formula is C13H25N5O2. The largest absolute Gasteiger partial charge is 0.463 e. The fourth-order valence-electron chi connectivity index (χ4n) is 1.63. The molecular weight excluding hydrogens is 258 g/mol. The Morgan fingerprint density at radius 2 is 1.90 bits per heavy atom. The molecule has 7 nitrogen and oxygen atoms in total. The van der Waals surface area contributed by atoms with Gasteiger partial charge in [-0.05, 0) is 26.2 Å². The predicted molar refractivity (Wildman–Crippen MR) is 79.2 cm³/mol. The first-order valence-corrected chi connectivity index (χ1v) is 7.23. The Balaban J connectivity index is 2.83. The standard InChI is InChI=1S/C13H25N5O2/c1-4-9-20-13-17-11(14-6-3)16-12(18-13)15-10(5-2)7-8-19/h10,19H,4-9H2,1-3H3,(H2,14,15,16,17,18). The molecule has 114 valence electrons. The van der Waals surface area contributed by atoms with Crippen molar-refractivity contribution in [2.24, 2.45) is 0 Å². The number of ether oxygens (including phenoxy) is 1. The maximum Gasteiger partial charge on any atom is 0.323 e. The molecule has 0 saturated heterocycles. The van der Waals surface area contributed by atoms with Crippen LogP contribution < -0.4 is 15.4 Å². The molecule has 0 aromatic carbocycles. The van der Waals surface area contributed by atoms with Crippen molar-refractivity contribution in [2.75, 3.05) is 30.4 Å². The van der Waals surface area contributed by atoms with Gasteiger partial charge in [-0.1, -0.05) is 13.8 Å². The third-order valence-corrected chi connectivity index (χ3v) is 2.69. The lowest BCUT2D eigenvalue weighted by molar-refractivity contribution is 0.277. The van der Waals surface area contributed by atoms with Crippen molar-refractivity contribution in [1.29, 1.82) is 0 Å². The van der Waals surface area contributed by atoms with Crippen molar-refractivity contribution in [1.82, 2.24) is 15.0 Å². The van der Waals surface area contributed by atoms with Gasteiger partial charge in [0.25, 0.3) is 0 Å². The van der Waals surface area contributed by atoms with Gasteiger partial charge >= 0.3 is 6.01 Å². The van der Waals surface area contributed by atoms with Crippen molar-refractivity contribution in [2.45, 2.75) is 46.1 Å². The van der Waals surface area contributed by atoms with Gasteiger partial charge in [0.1, 0.15) is 0 Å². The van der Waals surface area contributed by atoms with Crippen LogP contribution in [0.25, 0.3) is 0 Å². The van der Waals surface area contributed by atoms with Crippen molar-refractivity contribution < 1.29 is 9.84 Å². The van der Waals surface area contributed by atoms with E-state index in [0.29, 0.717) is 30.9 Å². The van der Waals surface area contributed by atoms with Gasteiger partial charge in [0.15, 0.2) is 0 Å². The van der Waals surface area contributed by atoms with Crippen LogP contribution in [0.3, 0.4) is 0 Å². The Morgan fingerprint density at radius 1 is 1.15 bits per heavy atom. The number of aliphatic hydroxyl groups is 1. The molecule has 1 atom stereocenters. The summed E-state index contributed by atoms with van der Waals surface area (Å²) in [6, 6.07) is 0.454. The second-order valence-corrected chi connectivity index (χ2v) is 4.41. The monoisotopic (exact) mass is 283 g/mol. The highest BCUT2D eigenvalue weighted by molar-refractivity contribution is 5.36. The summed E-state index contributed by atoms with van der Waals surface area (Å²) >= 11 is 0. The van der Waals surface area contributed by atoms with E-state index in [1.165, 1.54) is 0 Å². The van der Waals surface area contributed by atoms with Crippen LogP contribution in [0.15, 0.2) is 0 Å². The van der Waals surface area contributed by atoms with E-state index in [-0.39, 0.29) is 12.6 Å². The zero-order chi connectivity index (χ0) is 14.8. The molecule has 3 N–H and O–H groups in total. The highest BCUT2D eigenvalue weighted by Crippen LogP contribution is 2.13. The number of hydrogen-bond donors (Lipinski definition) is 3. The average molecular weight is 283 g/mol. The average Bonchev–Trinajstić information content (AvgIpc) is 2.45. The van der Waals surface area contributed by atoms with Gasteiger partial charge < -0.3 is 20.5 Å². The number of aromatic nitrogens is 3. The topological polar surface area (TPSA) is 92.2 Å². The summed E-state index contributed by atoms with van der Waals surface area (Å²) in [5.74, 6) is 0.970. The summed E-state index contributed by atoms with van der Waals surface area (Å²) in [5.41, 5.74) is 0. The SMILES string of the molecule is CCCOc1nc(NCC)nc(NC(CC)CCO)n1. The highest BCUT2D eigenvalue weighted by Gasteiger charge is 2.11. The van der Waals surface area contributed by atoms with E-state index in [9.17, 15) is 0 Å². The molecule has 1 unspecified atom stereocenters. The van der Waals surface area contributed by atoms with Crippen LogP contribution in [-0.4, -0.2) is 45.9 Å². The molecule has 0 radical (unpaired) electrons. The van der Waals surface area contributed by atoms with E-state index < -0.39 is 0 Å². The Hall–Kier alpha value is -1.63. The van der Waals surface area contributed by atoms with Crippen LogP contribution >= 0.6 is 0 Å². The van der Waals surface area contributed by atoms with E-state index in [4.69, 9.17) is 9.84 Å². The van der Waals surface area contributed by atoms with Crippen molar-refractivity contribution in [3.63, 3.8) is 0 Å². The molecule has 1 aromatic rings. The highest BCUT2D eigenvalue weighted by atomic mass is 16.5. The smallest absolute Gasteiger partial charge is 0.323 e. The van der Waals surface area contributed by atoms with Crippen molar-refractivity contribution >= 4 is 11.9 Å². The van der Waals surface area contributed by atoms with E-state index in [1.807, 2.05) is 20.8 Å². The Kier molecular flexibility index (Phi) is 7.64. The Morgan fingerprint density at radius 3 is 2.50 bits per heavy atom. The molecule has 1 aromatic heterocycles. The van der Waals surface area contributed by atoms with Crippen LogP contribution in [-0.2, 0) is 0 Å². The fraction of sp³-hybridized carbons (Fsp3) is 0.769. The minimum Gasteiger partial charge on any atom is -0.463 e. The van der Waals surface area contributed by atoms with Gasteiger partial charge in [-0.25, -0.2) is 0 Å². The maximum absolute atomic E-state index is 9.03. The normalized spacial score (nSPS) is 12.0. The predicted octanol–water partition coefficient (Wildman–Crippen LogP) is 1.67. The molecule has 7 heteroatoms. The molecule has 1 heterocycles. The first-order valence-electron chi connectivity index (χ1n) is 7.23. The summed E-state index contributed by atoms with van der Waals surface area (Å²) in [4.78, 5) is 12.7. The van der Waals surface area contributed by atoms with Crippen LogP contribution in [0.2, 0.25) is 0 Å². The second kappa shape index (κ2) is 9.30. The molecule has 0 aliphatic rings. The van der Waals surface area contributed by atoms with E-state index in [2.05, 4.69) is 25.6 Å². The lowest BCUT2D eigenvalue weighted by atomic mass is 10.2. The molecule has 0 aliphatic carbocycles. The summed E-state index contributed by atoms with van der Waals surface area (Å²) in [6.07, 6.45) is 2.44. The third-order valence-electron chi connectivity index (χ3n) is 2.69. The number of anilines is 2. The quantitative estimate of drug-likeness (QED) is 0.601. The van der Waals surface area contributed by atoms with Crippen LogP contribution in [0.4, 0.5) is 11.9 Å². The lowest BCUT2D eigenvalue weighted by Crippen LogP contribution is -2.22. The molecule has 20 heavy (non-hydrogen) atoms. The molecule has 0 spiro atoms. The number of rotatable bonds is 10. The lowest BCUT2D eigenvalue weighted by Gasteiger charge is -2.16. The van der Waals surface area contributed by atoms with Gasteiger partial charge in [0.05, 0.1) is 6.61 Å². The second-order valence-electron chi connectivity index (χ2n) is 4.41. The number of hydrogen-bond acceptors (Lipinski definition) is 7. The number of nitrogens with zero attached hydrogens (tertiary/aromatic N) is 3. The first-order chi connectivity index (χ1) is 9.73. The van der Waals surface area contributed by atoms with Gasteiger partial charge in [0.2, 0.25) is 11.9 Å². The zero-order valence-electron chi connectivity index (χ0n) is 12.5. The zero-order valence-corrected chi connectivity index (χ0v) is 12.5. The minimum absolute atomic E-state index is 0.135. The fourth-order valence-corrected chi connectivity index (χ4v) is 1.63. The Labute approximate surface area is 120 Å². The molecule has 1 rings (SSSR count). The van der Waals surface area contributed by atoms with E-state index in [0.717, 1.165) is 19.4 Å². The van der Waals surface area contributed by atoms with Crippen LogP contribution in [0, 0.1) is 0 Å². The number of aliphatic hydroxyl groups excluding tert-OH is 1. The van der Waals surface area contributed by atoms with Gasteiger partial charge in [-0.2, -0.15) is 15.0 Å². The van der Waals surface area contributed by atoms with Gasteiger partial charge in [-0.15, -0.1) is 0 Å². The maximum atomic E-state index is 9.03. The number of nitrogens with one attached hydrogen (secondary N) is 2. The first kappa shape index (κ1) is 16.4. The third kappa shape index (κ3) is 5.56. The van der Waals surface area contributed by atoms with E-state index in [1.54, 1.807) is 0 Å². The van der Waals surface area contributed by atoms with Gasteiger partial charge in [0, 0.05) is 19.2 Å². The summed E-state index contributed by atoms with van der Waals surface area (Å²) in [5, 5.41) is 15.3. The van der Waals surface area contributed by atoms with Gasteiger partial charge in [-0.3, -0.25) is 0 Å². The van der Waals surface area contributed by atoms with Crippen molar-refractivity contribution in [3.05, 3.63) is 0 Å². The summed E-state index contributed by atoms with van der Waals surface area (Å²) in [6.45, 7) is 7.49. The summed E-state index contributed by atoms with van der Waals surface area (Å²) in [7, 11) is 0. The summed E-state index contributed by atoms with van der Waals surface area (Å²) < 4.78 is 5.47. The van der Waals surface area contributed by atoms with Crippen LogP contribution in [0.5, 0.6) is 6.01 Å². The van der Waals surface area contributed by atoms with E-state index >= 15 is 0 Å². The van der Waals surface area contributed by atoms with Crippen LogP contribution in [0.1, 0.15) is 40.0 Å². The molecule has 0 saturated carbocycles. The molecule has 0 bridgehead atoms. The molecule has 0 amide bonds. The molecule has 0 fully saturated rings.